The lowest BCUT2D eigenvalue weighted by Crippen LogP contribution is -2.24. The number of fused-ring (bicyclic) bond motifs is 1. The zero-order valence-corrected chi connectivity index (χ0v) is 17.9. The van der Waals surface area contributed by atoms with E-state index in [2.05, 4.69) is 5.32 Å². The van der Waals surface area contributed by atoms with Gasteiger partial charge in [0.25, 0.3) is 11.7 Å². The summed E-state index contributed by atoms with van der Waals surface area (Å²) in [4.78, 5) is 26.5. The van der Waals surface area contributed by atoms with Gasteiger partial charge in [0.15, 0.2) is 5.75 Å². The second-order valence-corrected chi connectivity index (χ2v) is 7.60. The van der Waals surface area contributed by atoms with Crippen molar-refractivity contribution in [3.63, 3.8) is 0 Å². The van der Waals surface area contributed by atoms with Crippen molar-refractivity contribution < 1.29 is 18.7 Å². The summed E-state index contributed by atoms with van der Waals surface area (Å²) in [6.07, 6.45) is 1.72. The number of rotatable bonds is 6. The first-order chi connectivity index (χ1) is 16.6. The van der Waals surface area contributed by atoms with Crippen LogP contribution in [0.2, 0.25) is 0 Å². The first-order valence-corrected chi connectivity index (χ1v) is 10.6. The van der Waals surface area contributed by atoms with E-state index in [0.717, 1.165) is 5.52 Å². The molecule has 1 N–H and O–H groups in total. The summed E-state index contributed by atoms with van der Waals surface area (Å²) >= 11 is 0. The molecule has 0 bridgehead atoms. The lowest BCUT2D eigenvalue weighted by Gasteiger charge is -2.12. The molecule has 34 heavy (non-hydrogen) atoms. The van der Waals surface area contributed by atoms with Gasteiger partial charge >= 0.3 is 0 Å². The van der Waals surface area contributed by atoms with Gasteiger partial charge < -0.3 is 14.5 Å². The maximum Gasteiger partial charge on any atom is 0.298 e. The highest BCUT2D eigenvalue weighted by Crippen LogP contribution is 2.31. The second-order valence-electron chi connectivity index (χ2n) is 7.60. The third-order valence-electron chi connectivity index (χ3n) is 5.36. The molecule has 0 saturated carbocycles. The summed E-state index contributed by atoms with van der Waals surface area (Å²) in [6, 6.07) is 29.1. The Morgan fingerprint density at radius 3 is 2.29 bits per heavy atom. The summed E-state index contributed by atoms with van der Waals surface area (Å²) < 4.78 is 21.0. The van der Waals surface area contributed by atoms with Crippen LogP contribution in [0.15, 0.2) is 109 Å². The van der Waals surface area contributed by atoms with Crippen molar-refractivity contribution in [1.82, 2.24) is 4.40 Å². The summed E-state index contributed by atoms with van der Waals surface area (Å²) in [7, 11) is 0. The minimum absolute atomic E-state index is 0.196. The number of Topliss-reactive ketones (excluding diaryl/α,β-unsaturated/α-hetero) is 1. The Labute approximate surface area is 195 Å². The first kappa shape index (κ1) is 21.2. The fraction of sp³-hybridized carbons (Fsp3) is 0. The van der Waals surface area contributed by atoms with Crippen molar-refractivity contribution in [1.29, 1.82) is 0 Å². The number of carbonyl (C=O) groups is 2. The van der Waals surface area contributed by atoms with Gasteiger partial charge in [-0.3, -0.25) is 9.59 Å². The van der Waals surface area contributed by atoms with Crippen LogP contribution in [0, 0.1) is 5.82 Å². The van der Waals surface area contributed by atoms with E-state index in [1.807, 2.05) is 30.3 Å². The van der Waals surface area contributed by atoms with Gasteiger partial charge in [0, 0.05) is 17.3 Å². The van der Waals surface area contributed by atoms with E-state index in [4.69, 9.17) is 4.74 Å². The van der Waals surface area contributed by atoms with E-state index in [1.54, 1.807) is 71.3 Å². The van der Waals surface area contributed by atoms with Crippen molar-refractivity contribution in [3.8, 4) is 22.6 Å². The lowest BCUT2D eigenvalue weighted by molar-refractivity contribution is -0.112. The molecule has 0 radical (unpaired) electrons. The van der Waals surface area contributed by atoms with Gasteiger partial charge in [0.05, 0.1) is 5.69 Å². The van der Waals surface area contributed by atoms with Crippen LogP contribution >= 0.6 is 0 Å². The number of halogens is 1. The minimum Gasteiger partial charge on any atom is -0.455 e. The van der Waals surface area contributed by atoms with E-state index in [1.165, 1.54) is 12.1 Å². The highest BCUT2D eigenvalue weighted by Gasteiger charge is 2.25. The topological polar surface area (TPSA) is 59.8 Å². The van der Waals surface area contributed by atoms with Crippen molar-refractivity contribution in [2.24, 2.45) is 0 Å². The number of pyridine rings is 1. The molecule has 0 spiro atoms. The summed E-state index contributed by atoms with van der Waals surface area (Å²) in [5.41, 5.74) is 2.48. The van der Waals surface area contributed by atoms with E-state index >= 15 is 0 Å². The van der Waals surface area contributed by atoms with Crippen LogP contribution < -0.4 is 10.1 Å². The number of nitrogens with one attached hydrogen (secondary N) is 1. The number of ether oxygens (including phenoxy) is 1. The predicted molar refractivity (Wildman–Crippen MR) is 129 cm³/mol. The summed E-state index contributed by atoms with van der Waals surface area (Å²) in [6.45, 7) is 0. The normalized spacial score (nSPS) is 10.7. The number of ketones is 1. The fourth-order valence-electron chi connectivity index (χ4n) is 3.77. The number of nitrogens with zero attached hydrogens (tertiary/aromatic N) is 1. The average molecular weight is 450 g/mol. The minimum atomic E-state index is -0.809. The van der Waals surface area contributed by atoms with E-state index in [0.29, 0.717) is 28.3 Å². The van der Waals surface area contributed by atoms with Crippen molar-refractivity contribution in [3.05, 3.63) is 121 Å². The standard InChI is InChI=1S/C28H19FN2O3/c29-20-15-13-19(14-16-20)23-18-21-8-6-7-17-31(21)26(23)27(32)28(33)30-24-11-4-5-12-25(24)34-22-9-2-1-3-10-22/h1-18H,(H,30,33). The number of hydrogen-bond acceptors (Lipinski definition) is 3. The van der Waals surface area contributed by atoms with Gasteiger partial charge in [0.2, 0.25) is 0 Å². The zero-order chi connectivity index (χ0) is 23.5. The lowest BCUT2D eigenvalue weighted by atomic mass is 10.0. The molecular weight excluding hydrogens is 431 g/mol. The van der Waals surface area contributed by atoms with E-state index in [9.17, 15) is 14.0 Å². The van der Waals surface area contributed by atoms with E-state index < -0.39 is 11.7 Å². The van der Waals surface area contributed by atoms with Crippen molar-refractivity contribution >= 4 is 22.9 Å². The molecule has 0 aliphatic rings. The van der Waals surface area contributed by atoms with Crippen LogP contribution in [0.4, 0.5) is 10.1 Å². The molecule has 5 nitrogen and oxygen atoms in total. The molecular formula is C28H19FN2O3. The molecule has 1 amide bonds. The summed E-state index contributed by atoms with van der Waals surface area (Å²) in [5, 5.41) is 2.68. The van der Waals surface area contributed by atoms with Gasteiger partial charge in [-0.15, -0.1) is 0 Å². The van der Waals surface area contributed by atoms with Gasteiger partial charge in [-0.1, -0.05) is 48.5 Å². The first-order valence-electron chi connectivity index (χ1n) is 10.6. The maximum atomic E-state index is 13.5. The van der Waals surface area contributed by atoms with Crippen LogP contribution in [0.1, 0.15) is 10.5 Å². The van der Waals surface area contributed by atoms with Crippen LogP contribution in [0.25, 0.3) is 16.6 Å². The number of aromatic nitrogens is 1. The molecule has 0 fully saturated rings. The molecule has 5 aromatic rings. The van der Waals surface area contributed by atoms with Gasteiger partial charge in [-0.2, -0.15) is 0 Å². The zero-order valence-electron chi connectivity index (χ0n) is 17.9. The SMILES string of the molecule is O=C(Nc1ccccc1Oc1ccccc1)C(=O)c1c(-c2ccc(F)cc2)cc2ccccn12. The molecule has 0 aliphatic heterocycles. The number of para-hydroxylation sites is 3. The molecule has 166 valence electrons. The molecule has 5 rings (SSSR count). The third-order valence-corrected chi connectivity index (χ3v) is 5.36. The molecule has 0 unspecified atom stereocenters. The quantitative estimate of drug-likeness (QED) is 0.242. The summed E-state index contributed by atoms with van der Waals surface area (Å²) in [5.74, 6) is -0.898. The Morgan fingerprint density at radius 2 is 1.50 bits per heavy atom. The van der Waals surface area contributed by atoms with Crippen LogP contribution in [-0.4, -0.2) is 16.1 Å². The largest absolute Gasteiger partial charge is 0.455 e. The number of carbonyl (C=O) groups excluding carboxylic acids is 2. The predicted octanol–water partition coefficient (Wildman–Crippen LogP) is 6.36. The molecule has 6 heteroatoms. The Bertz CT molecular complexity index is 1490. The average Bonchev–Trinajstić information content (AvgIpc) is 3.25. The van der Waals surface area contributed by atoms with Gasteiger partial charge in [-0.25, -0.2) is 4.39 Å². The molecule has 0 saturated heterocycles. The highest BCUT2D eigenvalue weighted by molar-refractivity contribution is 6.47. The van der Waals surface area contributed by atoms with Crippen LogP contribution in [-0.2, 0) is 4.79 Å². The monoisotopic (exact) mass is 450 g/mol. The smallest absolute Gasteiger partial charge is 0.298 e. The Hall–Kier alpha value is -4.71. The Balaban J connectivity index is 1.49. The van der Waals surface area contributed by atoms with E-state index in [-0.39, 0.29) is 11.5 Å². The van der Waals surface area contributed by atoms with Crippen LogP contribution in [0.3, 0.4) is 0 Å². The molecule has 3 aromatic carbocycles. The highest BCUT2D eigenvalue weighted by atomic mass is 19.1. The molecule has 0 aliphatic carbocycles. The number of amides is 1. The Morgan fingerprint density at radius 1 is 0.794 bits per heavy atom. The van der Waals surface area contributed by atoms with Gasteiger partial charge in [0.1, 0.15) is 17.3 Å². The Kier molecular flexibility index (Phi) is 5.62. The molecule has 2 heterocycles. The maximum absolute atomic E-state index is 13.5. The third kappa shape index (κ3) is 4.17. The molecule has 2 aromatic heterocycles. The van der Waals surface area contributed by atoms with Crippen molar-refractivity contribution in [2.75, 3.05) is 5.32 Å². The van der Waals surface area contributed by atoms with Crippen molar-refractivity contribution in [2.45, 2.75) is 0 Å². The number of benzene rings is 3. The second kappa shape index (κ2) is 9.03. The fourth-order valence-corrected chi connectivity index (χ4v) is 3.77. The number of hydrogen-bond donors (Lipinski definition) is 1. The van der Waals surface area contributed by atoms with Gasteiger partial charge in [-0.05, 0) is 60.2 Å². The van der Waals surface area contributed by atoms with Crippen LogP contribution in [0.5, 0.6) is 11.5 Å². The number of anilines is 1. The molecule has 0 atom stereocenters.